The topological polar surface area (TPSA) is 122 Å². The molecule has 3 amide bonds. The molecule has 0 bridgehead atoms. The molecule has 0 spiro atoms. The molecule has 184 valence electrons. The Morgan fingerprint density at radius 2 is 1.86 bits per heavy atom. The summed E-state index contributed by atoms with van der Waals surface area (Å²) < 4.78 is 34.3. The molecule has 3 aliphatic rings. The molecule has 0 saturated carbocycles. The van der Waals surface area contributed by atoms with E-state index in [0.29, 0.717) is 34.5 Å². The van der Waals surface area contributed by atoms with Crippen LogP contribution < -0.4 is 19.7 Å². The van der Waals surface area contributed by atoms with Gasteiger partial charge in [-0.15, -0.1) is 0 Å². The van der Waals surface area contributed by atoms with Crippen LogP contribution in [0.25, 0.3) is 0 Å². The highest BCUT2D eigenvalue weighted by atomic mass is 32.2. The van der Waals surface area contributed by atoms with Gasteiger partial charge in [0.2, 0.25) is 5.91 Å². The van der Waals surface area contributed by atoms with Gasteiger partial charge < -0.3 is 19.7 Å². The molecule has 5 rings (SSSR count). The maximum absolute atomic E-state index is 13.6. The molecule has 2 aromatic carbocycles. The summed E-state index contributed by atoms with van der Waals surface area (Å²) in [5.41, 5.74) is 1.74. The Kier molecular flexibility index (Phi) is 5.66. The van der Waals surface area contributed by atoms with Gasteiger partial charge in [-0.25, -0.2) is 8.42 Å². The lowest BCUT2D eigenvalue weighted by Crippen LogP contribution is -2.49. The minimum Gasteiger partial charge on any atom is -0.493 e. The van der Waals surface area contributed by atoms with Gasteiger partial charge in [-0.05, 0) is 24.6 Å². The monoisotopic (exact) mass is 499 g/mol. The fourth-order valence-corrected chi connectivity index (χ4v) is 6.76. The van der Waals surface area contributed by atoms with Gasteiger partial charge in [0.05, 0.1) is 42.5 Å². The Hall–Kier alpha value is -3.60. The molecule has 10 nitrogen and oxygen atoms in total. The van der Waals surface area contributed by atoms with Crippen LogP contribution in [-0.2, 0) is 14.6 Å². The molecular formula is C24H25N3O7S. The minimum atomic E-state index is -3.13. The molecule has 3 heterocycles. The van der Waals surface area contributed by atoms with Crippen molar-refractivity contribution in [3.05, 3.63) is 53.1 Å². The summed E-state index contributed by atoms with van der Waals surface area (Å²) in [4.78, 5) is 42.8. The maximum atomic E-state index is 13.6. The number of benzene rings is 2. The molecular weight excluding hydrogens is 474 g/mol. The second-order valence-corrected chi connectivity index (χ2v) is 11.0. The highest BCUT2D eigenvalue weighted by Gasteiger charge is 2.49. The van der Waals surface area contributed by atoms with Gasteiger partial charge in [-0.1, -0.05) is 18.2 Å². The van der Waals surface area contributed by atoms with Gasteiger partial charge in [0.25, 0.3) is 11.8 Å². The van der Waals surface area contributed by atoms with Gasteiger partial charge in [-0.3, -0.25) is 19.3 Å². The molecule has 3 aliphatic heterocycles. The number of nitrogens with one attached hydrogen (secondary N) is 1. The number of sulfone groups is 1. The maximum Gasteiger partial charge on any atom is 0.264 e. The van der Waals surface area contributed by atoms with Crippen molar-refractivity contribution in [2.75, 3.05) is 37.2 Å². The number of carbonyl (C=O) groups is 3. The average molecular weight is 500 g/mol. The second kappa shape index (κ2) is 8.56. The normalized spacial score (nSPS) is 21.9. The molecule has 35 heavy (non-hydrogen) atoms. The summed E-state index contributed by atoms with van der Waals surface area (Å²) in [5.74, 6) is -0.303. The number of ether oxygens (including phenoxy) is 2. The van der Waals surface area contributed by atoms with Crippen LogP contribution >= 0.6 is 0 Å². The largest absolute Gasteiger partial charge is 0.493 e. The van der Waals surface area contributed by atoms with Gasteiger partial charge in [-0.2, -0.15) is 0 Å². The lowest BCUT2D eigenvalue weighted by Gasteiger charge is -2.40. The van der Waals surface area contributed by atoms with E-state index >= 15 is 0 Å². The van der Waals surface area contributed by atoms with Crippen LogP contribution in [-0.4, -0.2) is 69.4 Å². The molecule has 1 N–H and O–H groups in total. The summed E-state index contributed by atoms with van der Waals surface area (Å²) in [6.45, 7) is 0.0424. The molecule has 2 unspecified atom stereocenters. The van der Waals surface area contributed by atoms with Crippen LogP contribution in [0.4, 0.5) is 5.69 Å². The first-order valence-electron chi connectivity index (χ1n) is 11.2. The van der Waals surface area contributed by atoms with E-state index in [2.05, 4.69) is 5.32 Å². The van der Waals surface area contributed by atoms with E-state index in [4.69, 9.17) is 9.47 Å². The van der Waals surface area contributed by atoms with Gasteiger partial charge in [0.15, 0.2) is 21.3 Å². The Labute approximate surface area is 202 Å². The molecule has 1 saturated heterocycles. The fraction of sp³-hybridized carbons (Fsp3) is 0.375. The number of amides is 3. The van der Waals surface area contributed by atoms with E-state index in [1.165, 1.54) is 19.1 Å². The number of hydrogen-bond acceptors (Lipinski definition) is 7. The van der Waals surface area contributed by atoms with Crippen molar-refractivity contribution < 1.29 is 32.3 Å². The highest BCUT2D eigenvalue weighted by Crippen LogP contribution is 2.49. The van der Waals surface area contributed by atoms with E-state index < -0.39 is 22.0 Å². The molecule has 0 radical (unpaired) electrons. The first-order valence-corrected chi connectivity index (χ1v) is 13.1. The summed E-state index contributed by atoms with van der Waals surface area (Å²) >= 11 is 0. The van der Waals surface area contributed by atoms with Crippen molar-refractivity contribution in [2.45, 2.75) is 25.0 Å². The zero-order valence-corrected chi connectivity index (χ0v) is 20.1. The van der Waals surface area contributed by atoms with E-state index in [1.54, 1.807) is 41.3 Å². The van der Waals surface area contributed by atoms with Crippen LogP contribution in [0.1, 0.15) is 45.3 Å². The number of hydrogen-bond donors (Lipinski definition) is 1. The third-order valence-corrected chi connectivity index (χ3v) is 8.43. The SMILES string of the molecule is COc1ccc2c(c1OC)C(=O)N1c3ccccc3C(=O)N(CCC(=O)NC3CCS(=O)(=O)C3)C21. The van der Waals surface area contributed by atoms with Crippen molar-refractivity contribution in [1.82, 2.24) is 10.2 Å². The number of nitrogens with zero attached hydrogens (tertiary/aromatic N) is 2. The van der Waals surface area contributed by atoms with Gasteiger partial charge >= 0.3 is 0 Å². The third-order valence-electron chi connectivity index (χ3n) is 6.66. The van der Waals surface area contributed by atoms with Crippen LogP contribution in [0.15, 0.2) is 36.4 Å². The van der Waals surface area contributed by atoms with Crippen molar-refractivity contribution in [2.24, 2.45) is 0 Å². The zero-order valence-electron chi connectivity index (χ0n) is 19.3. The summed E-state index contributed by atoms with van der Waals surface area (Å²) in [6, 6.07) is 9.85. The predicted octanol–water partition coefficient (Wildman–Crippen LogP) is 1.51. The molecule has 0 aromatic heterocycles. The fourth-order valence-electron chi connectivity index (χ4n) is 5.08. The first-order chi connectivity index (χ1) is 16.8. The van der Waals surface area contributed by atoms with Crippen LogP contribution in [0.5, 0.6) is 11.5 Å². The van der Waals surface area contributed by atoms with Crippen molar-refractivity contribution in [3.63, 3.8) is 0 Å². The Morgan fingerprint density at radius 1 is 1.09 bits per heavy atom. The predicted molar refractivity (Wildman–Crippen MR) is 126 cm³/mol. The Bertz CT molecular complexity index is 1340. The Morgan fingerprint density at radius 3 is 2.54 bits per heavy atom. The van der Waals surface area contributed by atoms with E-state index in [-0.39, 0.29) is 47.9 Å². The summed E-state index contributed by atoms with van der Waals surface area (Å²) in [5, 5.41) is 2.76. The number of fused-ring (bicyclic) bond motifs is 5. The van der Waals surface area contributed by atoms with Crippen LogP contribution in [0, 0.1) is 0 Å². The van der Waals surface area contributed by atoms with Gasteiger partial charge in [0.1, 0.15) is 6.17 Å². The molecule has 11 heteroatoms. The number of anilines is 1. The van der Waals surface area contributed by atoms with Crippen LogP contribution in [0.3, 0.4) is 0 Å². The number of para-hydroxylation sites is 1. The third kappa shape index (κ3) is 3.79. The van der Waals surface area contributed by atoms with E-state index in [0.717, 1.165) is 0 Å². The van der Waals surface area contributed by atoms with Crippen molar-refractivity contribution in [3.8, 4) is 11.5 Å². The average Bonchev–Trinajstić information content (AvgIpc) is 3.34. The first kappa shape index (κ1) is 23.2. The van der Waals surface area contributed by atoms with E-state index in [9.17, 15) is 22.8 Å². The molecule has 2 atom stereocenters. The van der Waals surface area contributed by atoms with E-state index in [1.807, 2.05) is 0 Å². The Balaban J connectivity index is 1.48. The number of rotatable bonds is 6. The molecule has 1 fully saturated rings. The zero-order chi connectivity index (χ0) is 24.9. The lowest BCUT2D eigenvalue weighted by molar-refractivity contribution is -0.121. The second-order valence-electron chi connectivity index (χ2n) is 8.75. The van der Waals surface area contributed by atoms with Crippen LogP contribution in [0.2, 0.25) is 0 Å². The minimum absolute atomic E-state index is 0.0361. The number of methoxy groups -OCH3 is 2. The number of carbonyl (C=O) groups excluding carboxylic acids is 3. The highest BCUT2D eigenvalue weighted by molar-refractivity contribution is 7.91. The van der Waals surface area contributed by atoms with Crippen molar-refractivity contribution >= 4 is 33.2 Å². The smallest absolute Gasteiger partial charge is 0.264 e. The summed E-state index contributed by atoms with van der Waals surface area (Å²) in [6.07, 6.45) is -0.408. The standard InChI is InChI=1S/C24H25N3O7S/c1-33-18-8-7-16-20(21(18)34-2)24(30)27-17-6-4-3-5-15(17)23(29)26(22(16)27)11-9-19(28)25-14-10-12-35(31,32)13-14/h3-8,14,22H,9-13H2,1-2H3,(H,25,28). The lowest BCUT2D eigenvalue weighted by atomic mass is 10.0. The van der Waals surface area contributed by atoms with Gasteiger partial charge in [0, 0.05) is 24.6 Å². The quantitative estimate of drug-likeness (QED) is 0.639. The molecule has 0 aliphatic carbocycles. The molecule has 2 aromatic rings. The van der Waals surface area contributed by atoms with Crippen molar-refractivity contribution in [1.29, 1.82) is 0 Å². The summed E-state index contributed by atoms with van der Waals surface area (Å²) in [7, 11) is -0.194.